The van der Waals surface area contributed by atoms with E-state index in [2.05, 4.69) is 25.5 Å². The fourth-order valence-corrected chi connectivity index (χ4v) is 1.03. The summed E-state index contributed by atoms with van der Waals surface area (Å²) >= 11 is 0. The summed E-state index contributed by atoms with van der Waals surface area (Å²) in [6.45, 7) is 8.18. The predicted molar refractivity (Wildman–Crippen MR) is 55.3 cm³/mol. The van der Waals surface area contributed by atoms with Gasteiger partial charge in [0.25, 0.3) is 0 Å². The van der Waals surface area contributed by atoms with Gasteiger partial charge in [-0.3, -0.25) is 4.68 Å². The molecule has 13 heavy (non-hydrogen) atoms. The lowest BCUT2D eigenvalue weighted by Crippen LogP contribution is -2.08. The maximum absolute atomic E-state index is 4.25. The Morgan fingerprint density at radius 2 is 2.15 bits per heavy atom. The summed E-state index contributed by atoms with van der Waals surface area (Å²) in [6, 6.07) is 0.406. The van der Waals surface area contributed by atoms with Gasteiger partial charge in [0.1, 0.15) is 0 Å². The second-order valence-corrected chi connectivity index (χ2v) is 3.64. The highest BCUT2D eigenvalue weighted by Gasteiger charge is 2.05. The van der Waals surface area contributed by atoms with Gasteiger partial charge in [0.05, 0.1) is 6.20 Å². The average molecular weight is 179 g/mol. The Hall–Kier alpha value is -1.25. The van der Waals surface area contributed by atoms with Gasteiger partial charge < -0.3 is 4.90 Å². The van der Waals surface area contributed by atoms with Gasteiger partial charge in [-0.25, -0.2) is 0 Å². The molecule has 0 radical (unpaired) electrons. The van der Waals surface area contributed by atoms with Crippen LogP contribution in [0.15, 0.2) is 19.0 Å². The molecule has 0 spiro atoms. The molecule has 0 bridgehead atoms. The van der Waals surface area contributed by atoms with Crippen molar-refractivity contribution in [3.8, 4) is 0 Å². The van der Waals surface area contributed by atoms with E-state index >= 15 is 0 Å². The third-order valence-electron chi connectivity index (χ3n) is 2.00. The number of aromatic nitrogens is 2. The van der Waals surface area contributed by atoms with E-state index in [1.54, 1.807) is 0 Å². The van der Waals surface area contributed by atoms with Gasteiger partial charge in [0.15, 0.2) is 0 Å². The molecule has 0 aromatic carbocycles. The molecule has 1 aromatic heterocycles. The van der Waals surface area contributed by atoms with Crippen LogP contribution in [0.4, 0.5) is 0 Å². The smallest absolute Gasteiger partial charge is 0.0583 e. The molecule has 0 aliphatic heterocycles. The van der Waals surface area contributed by atoms with Crippen LogP contribution in [0.2, 0.25) is 0 Å². The quantitative estimate of drug-likeness (QED) is 0.707. The molecule has 1 rings (SSSR count). The van der Waals surface area contributed by atoms with Crippen LogP contribution >= 0.6 is 0 Å². The van der Waals surface area contributed by atoms with Crippen LogP contribution in [0.3, 0.4) is 0 Å². The van der Waals surface area contributed by atoms with Crippen LogP contribution in [-0.2, 0) is 0 Å². The predicted octanol–water partition coefficient (Wildman–Crippen LogP) is 2.00. The summed E-state index contributed by atoms with van der Waals surface area (Å²) in [7, 11) is 3.96. The van der Waals surface area contributed by atoms with Crippen LogP contribution < -0.4 is 0 Å². The molecular weight excluding hydrogens is 162 g/mol. The van der Waals surface area contributed by atoms with Crippen LogP contribution in [0.5, 0.6) is 0 Å². The van der Waals surface area contributed by atoms with E-state index in [9.17, 15) is 0 Å². The lowest BCUT2D eigenvalue weighted by molar-refractivity contribution is 0.532. The second kappa shape index (κ2) is 3.64. The fraction of sp³-hybridized carbons (Fsp3) is 0.500. The van der Waals surface area contributed by atoms with E-state index in [-0.39, 0.29) is 0 Å². The van der Waals surface area contributed by atoms with E-state index < -0.39 is 0 Å². The van der Waals surface area contributed by atoms with Gasteiger partial charge in [-0.05, 0) is 13.8 Å². The minimum absolute atomic E-state index is 0.406. The summed E-state index contributed by atoms with van der Waals surface area (Å²) in [4.78, 5) is 1.99. The molecule has 1 heterocycles. The van der Waals surface area contributed by atoms with Gasteiger partial charge in [0.2, 0.25) is 0 Å². The first-order valence-corrected chi connectivity index (χ1v) is 4.43. The molecule has 0 saturated carbocycles. The van der Waals surface area contributed by atoms with Gasteiger partial charge in [0, 0.05) is 37.6 Å². The number of rotatable bonds is 3. The first kappa shape index (κ1) is 9.84. The standard InChI is InChI=1S/C10H17N3/c1-8(2)13-7-10(6-11-13)9(3)12(4)5/h6-8H,3H2,1-2,4-5H3. The zero-order valence-electron chi connectivity index (χ0n) is 8.78. The number of hydrogen-bond acceptors (Lipinski definition) is 2. The van der Waals surface area contributed by atoms with Crippen molar-refractivity contribution in [1.29, 1.82) is 0 Å². The van der Waals surface area contributed by atoms with Crippen molar-refractivity contribution in [2.75, 3.05) is 14.1 Å². The number of nitrogens with zero attached hydrogens (tertiary/aromatic N) is 3. The fourth-order valence-electron chi connectivity index (χ4n) is 1.03. The van der Waals surface area contributed by atoms with Crippen molar-refractivity contribution in [2.24, 2.45) is 0 Å². The van der Waals surface area contributed by atoms with E-state index in [1.807, 2.05) is 36.1 Å². The molecule has 0 N–H and O–H groups in total. The van der Waals surface area contributed by atoms with Crippen LogP contribution in [0.1, 0.15) is 25.5 Å². The minimum Gasteiger partial charge on any atom is -0.378 e. The maximum atomic E-state index is 4.25. The van der Waals surface area contributed by atoms with E-state index in [4.69, 9.17) is 0 Å². The number of hydrogen-bond donors (Lipinski definition) is 0. The molecule has 0 atom stereocenters. The van der Waals surface area contributed by atoms with Crippen molar-refractivity contribution >= 4 is 5.70 Å². The van der Waals surface area contributed by atoms with Gasteiger partial charge in [-0.15, -0.1) is 0 Å². The van der Waals surface area contributed by atoms with Crippen molar-refractivity contribution in [1.82, 2.24) is 14.7 Å². The van der Waals surface area contributed by atoms with Crippen molar-refractivity contribution in [3.63, 3.8) is 0 Å². The molecule has 0 amide bonds. The highest BCUT2D eigenvalue weighted by Crippen LogP contribution is 2.14. The lowest BCUT2D eigenvalue weighted by atomic mass is 10.2. The largest absolute Gasteiger partial charge is 0.378 e. The highest BCUT2D eigenvalue weighted by atomic mass is 15.3. The van der Waals surface area contributed by atoms with E-state index in [0.717, 1.165) is 11.3 Å². The Morgan fingerprint density at radius 3 is 2.54 bits per heavy atom. The third-order valence-corrected chi connectivity index (χ3v) is 2.00. The van der Waals surface area contributed by atoms with Crippen LogP contribution in [0.25, 0.3) is 5.70 Å². The molecule has 0 aliphatic carbocycles. The summed E-state index contributed by atoms with van der Waals surface area (Å²) < 4.78 is 1.93. The third kappa shape index (κ3) is 2.11. The molecular formula is C10H17N3. The Kier molecular flexibility index (Phi) is 2.76. The molecule has 0 fully saturated rings. The first-order valence-electron chi connectivity index (χ1n) is 4.43. The molecule has 0 aliphatic rings. The van der Waals surface area contributed by atoms with Crippen molar-refractivity contribution in [3.05, 3.63) is 24.5 Å². The summed E-state index contributed by atoms with van der Waals surface area (Å²) in [6.07, 6.45) is 3.87. The van der Waals surface area contributed by atoms with Gasteiger partial charge >= 0.3 is 0 Å². The Balaban J connectivity index is 2.86. The molecule has 3 nitrogen and oxygen atoms in total. The first-order chi connectivity index (χ1) is 6.02. The van der Waals surface area contributed by atoms with Crippen molar-refractivity contribution in [2.45, 2.75) is 19.9 Å². The van der Waals surface area contributed by atoms with E-state index in [0.29, 0.717) is 6.04 Å². The van der Waals surface area contributed by atoms with Gasteiger partial charge in [-0.1, -0.05) is 6.58 Å². The monoisotopic (exact) mass is 179 g/mol. The molecule has 3 heteroatoms. The zero-order valence-corrected chi connectivity index (χ0v) is 8.78. The molecule has 72 valence electrons. The average Bonchev–Trinajstić information content (AvgIpc) is 2.50. The summed E-state index contributed by atoms with van der Waals surface area (Å²) in [5.41, 5.74) is 2.07. The minimum atomic E-state index is 0.406. The second-order valence-electron chi connectivity index (χ2n) is 3.64. The summed E-state index contributed by atoms with van der Waals surface area (Å²) in [5.74, 6) is 0. The molecule has 0 unspecified atom stereocenters. The highest BCUT2D eigenvalue weighted by molar-refractivity contribution is 5.59. The topological polar surface area (TPSA) is 21.1 Å². The van der Waals surface area contributed by atoms with Crippen LogP contribution in [0, 0.1) is 0 Å². The van der Waals surface area contributed by atoms with Gasteiger partial charge in [-0.2, -0.15) is 5.10 Å². The Morgan fingerprint density at radius 1 is 1.54 bits per heavy atom. The Bertz CT molecular complexity index is 297. The zero-order chi connectivity index (χ0) is 10.0. The normalized spacial score (nSPS) is 10.5. The van der Waals surface area contributed by atoms with E-state index in [1.165, 1.54) is 0 Å². The summed E-state index contributed by atoms with van der Waals surface area (Å²) in [5, 5.41) is 4.25. The van der Waals surface area contributed by atoms with Crippen molar-refractivity contribution < 1.29 is 0 Å². The Labute approximate surface area is 79.7 Å². The molecule has 0 saturated heterocycles. The SMILES string of the molecule is C=C(c1cnn(C(C)C)c1)N(C)C. The lowest BCUT2D eigenvalue weighted by Gasteiger charge is -2.13. The molecule has 1 aromatic rings. The van der Waals surface area contributed by atoms with Crippen LogP contribution in [-0.4, -0.2) is 28.8 Å². The maximum Gasteiger partial charge on any atom is 0.0583 e.